The molecular formula is C20H25ClN4O4. The number of carbonyl (C=O) groups is 2. The molecule has 0 spiro atoms. The Labute approximate surface area is 173 Å². The van der Waals surface area contributed by atoms with Crippen LogP contribution >= 0.6 is 11.6 Å². The minimum atomic E-state index is -0.688. The van der Waals surface area contributed by atoms with Crippen LogP contribution in [0.25, 0.3) is 11.1 Å². The predicted octanol–water partition coefficient (Wildman–Crippen LogP) is 4.00. The summed E-state index contributed by atoms with van der Waals surface area (Å²) in [6.07, 6.45) is 2.68. The maximum atomic E-state index is 13.0. The molecule has 3 aliphatic heterocycles. The quantitative estimate of drug-likeness (QED) is 0.779. The number of hydrogen-bond acceptors (Lipinski definition) is 6. The molecule has 156 valence electrons. The van der Waals surface area contributed by atoms with Gasteiger partial charge in [0.1, 0.15) is 11.1 Å². The topological polar surface area (TPSA) is 96.7 Å². The van der Waals surface area contributed by atoms with E-state index in [0.29, 0.717) is 27.6 Å². The Morgan fingerprint density at radius 3 is 2.62 bits per heavy atom. The molecule has 29 heavy (non-hydrogen) atoms. The van der Waals surface area contributed by atoms with Gasteiger partial charge in [0.25, 0.3) is 5.91 Å². The van der Waals surface area contributed by atoms with Crippen LogP contribution in [0.2, 0.25) is 5.02 Å². The van der Waals surface area contributed by atoms with Gasteiger partial charge in [-0.15, -0.1) is 0 Å². The highest BCUT2D eigenvalue weighted by Gasteiger charge is 2.34. The summed E-state index contributed by atoms with van der Waals surface area (Å²) in [6, 6.07) is 3.08. The molecule has 1 atom stereocenters. The van der Waals surface area contributed by atoms with Crippen molar-refractivity contribution in [1.82, 2.24) is 15.2 Å². The fraction of sp³-hybridized carbons (Fsp3) is 0.550. The Morgan fingerprint density at radius 2 is 2.00 bits per heavy atom. The normalized spacial score (nSPS) is 23.8. The lowest BCUT2D eigenvalue weighted by molar-refractivity contribution is 0.0295. The van der Waals surface area contributed by atoms with Crippen molar-refractivity contribution >= 4 is 40.7 Å². The monoisotopic (exact) mass is 420 g/mol. The Hall–Kier alpha value is -2.32. The van der Waals surface area contributed by atoms with E-state index < -0.39 is 11.7 Å². The Morgan fingerprint density at radius 1 is 1.28 bits per heavy atom. The zero-order chi connectivity index (χ0) is 20.8. The first-order valence-corrected chi connectivity index (χ1v) is 10.2. The molecule has 3 saturated heterocycles. The van der Waals surface area contributed by atoms with Crippen LogP contribution in [0.3, 0.4) is 0 Å². The first-order chi connectivity index (χ1) is 13.7. The van der Waals surface area contributed by atoms with E-state index in [1.165, 1.54) is 12.8 Å². The number of benzene rings is 1. The van der Waals surface area contributed by atoms with E-state index in [1.54, 1.807) is 32.9 Å². The number of nitrogens with zero attached hydrogens (tertiary/aromatic N) is 2. The van der Waals surface area contributed by atoms with Crippen LogP contribution in [0.15, 0.2) is 16.5 Å². The van der Waals surface area contributed by atoms with Crippen molar-refractivity contribution in [2.75, 3.05) is 18.4 Å². The molecule has 0 radical (unpaired) electrons. The van der Waals surface area contributed by atoms with E-state index in [0.717, 1.165) is 19.5 Å². The number of ether oxygens (including phenoxy) is 1. The van der Waals surface area contributed by atoms with Gasteiger partial charge in [-0.05, 0) is 52.0 Å². The van der Waals surface area contributed by atoms with Crippen LogP contribution in [0.4, 0.5) is 10.8 Å². The summed E-state index contributed by atoms with van der Waals surface area (Å²) in [5.41, 5.74) is 0.323. The largest absolute Gasteiger partial charge is 0.443 e. The average molecular weight is 421 g/mol. The number of halogens is 1. The second kappa shape index (κ2) is 7.50. The molecule has 4 heterocycles. The second-order valence-electron chi connectivity index (χ2n) is 8.65. The number of fused-ring (bicyclic) bond motifs is 4. The average Bonchev–Trinajstić information content (AvgIpc) is 3.02. The number of piperidine rings is 3. The first kappa shape index (κ1) is 20.0. The van der Waals surface area contributed by atoms with Crippen molar-refractivity contribution < 1.29 is 18.7 Å². The molecule has 1 aromatic carbocycles. The zero-order valence-electron chi connectivity index (χ0n) is 16.8. The summed E-state index contributed by atoms with van der Waals surface area (Å²) >= 11 is 6.19. The van der Waals surface area contributed by atoms with Crippen LogP contribution in [-0.2, 0) is 4.74 Å². The van der Waals surface area contributed by atoms with Gasteiger partial charge in [-0.2, -0.15) is 4.98 Å². The minimum absolute atomic E-state index is 0.0234. The molecular weight excluding hydrogens is 396 g/mol. The van der Waals surface area contributed by atoms with Gasteiger partial charge in [0, 0.05) is 24.2 Å². The summed E-state index contributed by atoms with van der Waals surface area (Å²) in [6.45, 7) is 7.29. The SMILES string of the molecule is CC(C)(C)OC(=O)Nc1nc2c(C(=O)NC3CC4CCN3CC4)cc(Cl)cc2o1. The standard InChI is InChI=1S/C20H25ClN4O4/c1-20(2,3)29-19(27)24-18-23-16-13(9-12(21)10-14(16)28-18)17(26)22-15-8-11-4-6-25(15)7-5-11/h9-11,15H,4-8H2,1-3H3,(H,22,26)(H,23,24,27). The van der Waals surface area contributed by atoms with Gasteiger partial charge in [-0.3, -0.25) is 9.69 Å². The first-order valence-electron chi connectivity index (χ1n) is 9.83. The Kier molecular flexibility index (Phi) is 5.16. The predicted molar refractivity (Wildman–Crippen MR) is 109 cm³/mol. The molecule has 3 aliphatic rings. The van der Waals surface area contributed by atoms with Crippen LogP contribution in [0.1, 0.15) is 50.4 Å². The van der Waals surface area contributed by atoms with Gasteiger partial charge in [0.2, 0.25) is 0 Å². The highest BCUT2D eigenvalue weighted by atomic mass is 35.5. The molecule has 2 N–H and O–H groups in total. The Balaban J connectivity index is 1.55. The molecule has 9 heteroatoms. The molecule has 2 bridgehead atoms. The van der Waals surface area contributed by atoms with Gasteiger partial charge in [-0.25, -0.2) is 10.1 Å². The lowest BCUT2D eigenvalue weighted by Gasteiger charge is -2.45. The fourth-order valence-electron chi connectivity index (χ4n) is 3.96. The summed E-state index contributed by atoms with van der Waals surface area (Å²) in [5.74, 6) is 0.411. The van der Waals surface area contributed by atoms with Crippen LogP contribution < -0.4 is 10.6 Å². The summed E-state index contributed by atoms with van der Waals surface area (Å²) < 4.78 is 10.8. The second-order valence-corrected chi connectivity index (χ2v) is 9.09. The molecule has 8 nitrogen and oxygen atoms in total. The summed E-state index contributed by atoms with van der Waals surface area (Å²) in [5, 5.41) is 5.91. The van der Waals surface area contributed by atoms with Crippen molar-refractivity contribution in [2.24, 2.45) is 5.92 Å². The van der Waals surface area contributed by atoms with E-state index in [4.69, 9.17) is 20.8 Å². The summed E-state index contributed by atoms with van der Waals surface area (Å²) in [7, 11) is 0. The maximum Gasteiger partial charge on any atom is 0.415 e. The number of nitrogens with one attached hydrogen (secondary N) is 2. The molecule has 1 unspecified atom stereocenters. The van der Waals surface area contributed by atoms with Crippen LogP contribution in [-0.4, -0.2) is 46.7 Å². The number of carbonyl (C=O) groups excluding carboxylic acids is 2. The van der Waals surface area contributed by atoms with Gasteiger partial charge in [-0.1, -0.05) is 11.6 Å². The van der Waals surface area contributed by atoms with Crippen molar-refractivity contribution in [1.29, 1.82) is 0 Å². The van der Waals surface area contributed by atoms with E-state index >= 15 is 0 Å². The van der Waals surface area contributed by atoms with Gasteiger partial charge in [0.15, 0.2) is 5.58 Å². The number of aromatic nitrogens is 1. The van der Waals surface area contributed by atoms with Crippen molar-refractivity contribution in [3.63, 3.8) is 0 Å². The van der Waals surface area contributed by atoms with E-state index in [9.17, 15) is 9.59 Å². The highest BCUT2D eigenvalue weighted by molar-refractivity contribution is 6.32. The number of anilines is 1. The molecule has 3 fully saturated rings. The van der Waals surface area contributed by atoms with Gasteiger partial charge < -0.3 is 14.5 Å². The molecule has 5 rings (SSSR count). The van der Waals surface area contributed by atoms with E-state index in [2.05, 4.69) is 20.5 Å². The Bertz CT molecular complexity index is 944. The number of rotatable bonds is 3. The van der Waals surface area contributed by atoms with Crippen molar-refractivity contribution in [3.05, 3.63) is 22.7 Å². The smallest absolute Gasteiger partial charge is 0.415 e. The number of oxazole rings is 1. The zero-order valence-corrected chi connectivity index (χ0v) is 17.5. The van der Waals surface area contributed by atoms with Crippen molar-refractivity contribution in [2.45, 2.75) is 51.8 Å². The van der Waals surface area contributed by atoms with Crippen LogP contribution in [0, 0.1) is 5.92 Å². The summed E-state index contributed by atoms with van der Waals surface area (Å²) in [4.78, 5) is 31.5. The third kappa shape index (κ3) is 4.48. The molecule has 1 aromatic heterocycles. The third-order valence-corrected chi connectivity index (χ3v) is 5.47. The highest BCUT2D eigenvalue weighted by Crippen LogP contribution is 2.31. The number of hydrogen-bond donors (Lipinski definition) is 2. The van der Waals surface area contributed by atoms with E-state index in [1.807, 2.05) is 0 Å². The van der Waals surface area contributed by atoms with Crippen LogP contribution in [0.5, 0.6) is 0 Å². The molecule has 2 aromatic rings. The van der Waals surface area contributed by atoms with Gasteiger partial charge in [0.05, 0.1) is 11.7 Å². The molecule has 0 aliphatic carbocycles. The lowest BCUT2D eigenvalue weighted by atomic mass is 9.86. The third-order valence-electron chi connectivity index (χ3n) is 5.26. The number of amides is 2. The maximum absolute atomic E-state index is 13.0. The van der Waals surface area contributed by atoms with Crippen molar-refractivity contribution in [3.8, 4) is 0 Å². The van der Waals surface area contributed by atoms with Gasteiger partial charge >= 0.3 is 12.1 Å². The fourth-order valence-corrected chi connectivity index (χ4v) is 4.17. The molecule has 2 amide bonds. The lowest BCUT2D eigenvalue weighted by Crippen LogP contribution is -2.56. The minimum Gasteiger partial charge on any atom is -0.443 e. The van der Waals surface area contributed by atoms with E-state index in [-0.39, 0.29) is 18.1 Å². The molecule has 0 saturated carbocycles.